The van der Waals surface area contributed by atoms with Crippen molar-refractivity contribution in [1.82, 2.24) is 15.5 Å². The highest BCUT2D eigenvalue weighted by Gasteiger charge is 2.41. The topological polar surface area (TPSA) is 131 Å². The van der Waals surface area contributed by atoms with Gasteiger partial charge in [0.1, 0.15) is 11.4 Å². The van der Waals surface area contributed by atoms with Crippen LogP contribution in [0.4, 0.5) is 0 Å². The number of thioether (sulfide) groups is 1. The Kier molecular flexibility index (Phi) is 11.3. The molecule has 3 rings (SSSR count). The lowest BCUT2D eigenvalue weighted by Crippen LogP contribution is -2.56. The van der Waals surface area contributed by atoms with Gasteiger partial charge in [0.05, 0.1) is 11.9 Å². The Morgan fingerprint density at radius 3 is 2.35 bits per heavy atom. The average molecular weight is 608 g/mol. The first-order valence-corrected chi connectivity index (χ1v) is 14.7. The molecule has 0 fully saturated rings. The zero-order valence-corrected chi connectivity index (χ0v) is 25.8. The first-order valence-electron chi connectivity index (χ1n) is 13.7. The number of nitrogens with zero attached hydrogens (tertiary/aromatic N) is 1. The lowest BCUT2D eigenvalue weighted by molar-refractivity contribution is -0.159. The SMILES string of the molecule is C=CCNC(=O)C1=CC(C)(C)SCN1C(=O)C(OC(C)=O)C(Cc1ccccc1)NC(=O)c1cccc(OC(C)=O)c1C. The normalized spacial score (nSPS) is 15.3. The summed E-state index contributed by atoms with van der Waals surface area (Å²) in [5, 5.41) is 5.59. The predicted octanol–water partition coefficient (Wildman–Crippen LogP) is 3.69. The van der Waals surface area contributed by atoms with Crippen molar-refractivity contribution in [2.45, 2.75) is 57.9 Å². The van der Waals surface area contributed by atoms with Crippen LogP contribution in [0.5, 0.6) is 5.75 Å². The van der Waals surface area contributed by atoms with Crippen molar-refractivity contribution < 1.29 is 33.4 Å². The van der Waals surface area contributed by atoms with Crippen molar-refractivity contribution in [3.63, 3.8) is 0 Å². The summed E-state index contributed by atoms with van der Waals surface area (Å²) in [5.41, 5.74) is 1.52. The van der Waals surface area contributed by atoms with Gasteiger partial charge in [-0.25, -0.2) is 0 Å². The van der Waals surface area contributed by atoms with E-state index in [1.807, 2.05) is 44.2 Å². The molecule has 1 aliphatic rings. The van der Waals surface area contributed by atoms with Gasteiger partial charge in [-0.1, -0.05) is 42.5 Å². The third-order valence-electron chi connectivity index (χ3n) is 6.55. The molecule has 43 heavy (non-hydrogen) atoms. The van der Waals surface area contributed by atoms with Crippen LogP contribution in [-0.4, -0.2) is 63.9 Å². The number of rotatable bonds is 11. The number of esters is 2. The van der Waals surface area contributed by atoms with E-state index in [2.05, 4.69) is 17.2 Å². The highest BCUT2D eigenvalue weighted by molar-refractivity contribution is 8.00. The van der Waals surface area contributed by atoms with E-state index in [1.165, 1.54) is 36.6 Å². The molecule has 11 heteroatoms. The molecule has 0 saturated carbocycles. The van der Waals surface area contributed by atoms with Crippen LogP contribution < -0.4 is 15.4 Å². The Balaban J connectivity index is 2.04. The van der Waals surface area contributed by atoms with Crippen molar-refractivity contribution in [1.29, 1.82) is 0 Å². The molecule has 0 radical (unpaired) electrons. The van der Waals surface area contributed by atoms with Crippen molar-refractivity contribution in [3.05, 3.63) is 89.6 Å². The molecule has 0 aromatic heterocycles. The van der Waals surface area contributed by atoms with Gasteiger partial charge in [0.15, 0.2) is 0 Å². The van der Waals surface area contributed by atoms with Gasteiger partial charge in [-0.05, 0) is 51.0 Å². The molecule has 0 spiro atoms. The number of carbonyl (C=O) groups excluding carboxylic acids is 5. The fourth-order valence-electron chi connectivity index (χ4n) is 4.49. The maximum absolute atomic E-state index is 14.2. The Labute approximate surface area is 255 Å². The highest BCUT2D eigenvalue weighted by Crippen LogP contribution is 2.35. The van der Waals surface area contributed by atoms with Gasteiger partial charge in [-0.15, -0.1) is 18.3 Å². The van der Waals surface area contributed by atoms with E-state index in [1.54, 1.807) is 31.2 Å². The second-order valence-corrected chi connectivity index (χ2v) is 12.1. The summed E-state index contributed by atoms with van der Waals surface area (Å²) in [7, 11) is 0. The zero-order chi connectivity index (χ0) is 31.7. The number of nitrogens with one attached hydrogen (secondary N) is 2. The average Bonchev–Trinajstić information content (AvgIpc) is 2.94. The van der Waals surface area contributed by atoms with Crippen LogP contribution in [0.15, 0.2) is 73.0 Å². The molecule has 0 bridgehead atoms. The molecule has 0 saturated heterocycles. The molecular weight excluding hydrogens is 570 g/mol. The van der Waals surface area contributed by atoms with Crippen LogP contribution in [0.1, 0.15) is 49.2 Å². The molecule has 1 aliphatic heterocycles. The van der Waals surface area contributed by atoms with Gasteiger partial charge < -0.3 is 20.1 Å². The van der Waals surface area contributed by atoms with Crippen molar-refractivity contribution in [2.24, 2.45) is 0 Å². The fourth-order valence-corrected chi connectivity index (χ4v) is 5.41. The summed E-state index contributed by atoms with van der Waals surface area (Å²) in [6, 6.07) is 12.8. The minimum absolute atomic E-state index is 0.113. The molecule has 228 valence electrons. The molecule has 2 N–H and O–H groups in total. The van der Waals surface area contributed by atoms with Crippen LogP contribution in [0.2, 0.25) is 0 Å². The molecule has 2 aromatic rings. The second kappa shape index (κ2) is 14.7. The molecule has 0 aliphatic carbocycles. The summed E-state index contributed by atoms with van der Waals surface area (Å²) in [6.07, 6.45) is 1.87. The van der Waals surface area contributed by atoms with Crippen molar-refractivity contribution in [2.75, 3.05) is 12.4 Å². The number of hydrogen-bond donors (Lipinski definition) is 2. The smallest absolute Gasteiger partial charge is 0.308 e. The van der Waals surface area contributed by atoms with E-state index in [9.17, 15) is 24.0 Å². The quantitative estimate of drug-likeness (QED) is 0.225. The number of benzene rings is 2. The molecule has 3 amide bonds. The van der Waals surface area contributed by atoms with E-state index < -0.39 is 46.6 Å². The largest absolute Gasteiger partial charge is 0.450 e. The number of carbonyl (C=O) groups is 5. The van der Waals surface area contributed by atoms with E-state index in [-0.39, 0.29) is 35.9 Å². The minimum Gasteiger partial charge on any atom is -0.450 e. The van der Waals surface area contributed by atoms with Crippen LogP contribution in [0, 0.1) is 6.92 Å². The number of hydrogen-bond acceptors (Lipinski definition) is 8. The third kappa shape index (κ3) is 9.05. The van der Waals surface area contributed by atoms with Gasteiger partial charge in [0.2, 0.25) is 6.10 Å². The maximum atomic E-state index is 14.2. The standard InChI is InChI=1S/C32H37N3O7S/c1-7-16-33-30(39)26-18-32(5,6)43-19-35(26)31(40)28(42-22(4)37)25(17-23-12-9-8-10-13-23)34-29(38)24-14-11-15-27(20(24)2)41-21(3)36/h7-15,18,25,28H,1,16-17,19H2,2-6H3,(H,33,39)(H,34,38). The first kappa shape index (κ1) is 33.1. The van der Waals surface area contributed by atoms with Crippen LogP contribution in [0.25, 0.3) is 0 Å². The van der Waals surface area contributed by atoms with Gasteiger partial charge in [-0.2, -0.15) is 0 Å². The molecule has 2 unspecified atom stereocenters. The van der Waals surface area contributed by atoms with Crippen molar-refractivity contribution >= 4 is 41.4 Å². The third-order valence-corrected chi connectivity index (χ3v) is 7.79. The van der Waals surface area contributed by atoms with Crippen LogP contribution >= 0.6 is 11.8 Å². The summed E-state index contributed by atoms with van der Waals surface area (Å²) < 4.78 is 10.4. The maximum Gasteiger partial charge on any atom is 0.308 e. The minimum atomic E-state index is -1.48. The van der Waals surface area contributed by atoms with Crippen LogP contribution in [-0.2, 0) is 30.3 Å². The molecule has 2 atom stereocenters. The van der Waals surface area contributed by atoms with Gasteiger partial charge >= 0.3 is 11.9 Å². The highest BCUT2D eigenvalue weighted by atomic mass is 32.2. The zero-order valence-electron chi connectivity index (χ0n) is 25.0. The Morgan fingerprint density at radius 1 is 1.02 bits per heavy atom. The van der Waals surface area contributed by atoms with Gasteiger partial charge in [0, 0.05) is 36.3 Å². The Morgan fingerprint density at radius 2 is 1.72 bits per heavy atom. The summed E-state index contributed by atoms with van der Waals surface area (Å²) >= 11 is 1.43. The second-order valence-electron chi connectivity index (χ2n) is 10.5. The molecule has 1 heterocycles. The monoisotopic (exact) mass is 607 g/mol. The first-order chi connectivity index (χ1) is 20.3. The summed E-state index contributed by atoms with van der Waals surface area (Å²) in [4.78, 5) is 66.2. The molecular formula is C32H37N3O7S. The van der Waals surface area contributed by atoms with E-state index in [0.29, 0.717) is 5.56 Å². The predicted molar refractivity (Wildman–Crippen MR) is 164 cm³/mol. The molecule has 10 nitrogen and oxygen atoms in total. The van der Waals surface area contributed by atoms with E-state index >= 15 is 0 Å². The van der Waals surface area contributed by atoms with E-state index in [0.717, 1.165) is 5.56 Å². The summed E-state index contributed by atoms with van der Waals surface area (Å²) in [5.74, 6) is -2.63. The van der Waals surface area contributed by atoms with Crippen LogP contribution in [0.3, 0.4) is 0 Å². The Bertz CT molecular complexity index is 1420. The van der Waals surface area contributed by atoms with Gasteiger partial charge in [-0.3, -0.25) is 28.9 Å². The Hall–Kier alpha value is -4.38. The molecule has 2 aromatic carbocycles. The lowest BCUT2D eigenvalue weighted by atomic mass is 9.98. The van der Waals surface area contributed by atoms with Crippen molar-refractivity contribution in [3.8, 4) is 5.75 Å². The lowest BCUT2D eigenvalue weighted by Gasteiger charge is -2.37. The van der Waals surface area contributed by atoms with Gasteiger partial charge in [0.25, 0.3) is 17.7 Å². The van der Waals surface area contributed by atoms with E-state index in [4.69, 9.17) is 9.47 Å². The number of amides is 3. The number of ether oxygens (including phenoxy) is 2. The fraction of sp³-hybridized carbons (Fsp3) is 0.344. The summed E-state index contributed by atoms with van der Waals surface area (Å²) in [6.45, 7) is 11.7.